The molecule has 0 bridgehead atoms. The molecular formula is C25H17ClFN5O. The molecule has 0 saturated carbocycles. The number of allylic oxidation sites excluding steroid dienone is 2. The molecule has 0 spiro atoms. The summed E-state index contributed by atoms with van der Waals surface area (Å²) in [5.74, 6) is -2.61. The van der Waals surface area contributed by atoms with E-state index >= 15 is 0 Å². The number of carbonyl (C=O) groups excluding carboxylic acids is 1. The molecule has 2 N–H and O–H groups in total. The molecule has 2 unspecified atom stereocenters. The lowest BCUT2D eigenvalue weighted by Crippen LogP contribution is -2.49. The van der Waals surface area contributed by atoms with E-state index < -0.39 is 23.1 Å². The number of nitrogens with zero attached hydrogens (tertiary/aromatic N) is 4. The number of halogens is 2. The van der Waals surface area contributed by atoms with E-state index in [-0.39, 0.29) is 35.8 Å². The van der Waals surface area contributed by atoms with Gasteiger partial charge in [0, 0.05) is 35.5 Å². The summed E-state index contributed by atoms with van der Waals surface area (Å²) in [6.45, 7) is 0.255. The van der Waals surface area contributed by atoms with Gasteiger partial charge in [0.15, 0.2) is 5.41 Å². The maximum absolute atomic E-state index is 15.0. The van der Waals surface area contributed by atoms with E-state index in [0.717, 1.165) is 0 Å². The van der Waals surface area contributed by atoms with Crippen molar-refractivity contribution in [3.8, 4) is 18.2 Å². The van der Waals surface area contributed by atoms with Gasteiger partial charge in [-0.05, 0) is 35.4 Å². The highest BCUT2D eigenvalue weighted by Gasteiger charge is 2.55. The van der Waals surface area contributed by atoms with Gasteiger partial charge in [0.05, 0.1) is 23.4 Å². The van der Waals surface area contributed by atoms with Crippen LogP contribution in [0.15, 0.2) is 71.5 Å². The number of nitriles is 3. The monoisotopic (exact) mass is 457 g/mol. The maximum Gasteiger partial charge on any atom is 0.254 e. The van der Waals surface area contributed by atoms with Crippen molar-refractivity contribution in [2.24, 2.45) is 17.1 Å². The fourth-order valence-corrected chi connectivity index (χ4v) is 4.91. The van der Waals surface area contributed by atoms with Gasteiger partial charge in [-0.3, -0.25) is 4.79 Å². The predicted molar refractivity (Wildman–Crippen MR) is 119 cm³/mol. The summed E-state index contributed by atoms with van der Waals surface area (Å²) in [5, 5.41) is 30.4. The van der Waals surface area contributed by atoms with Crippen LogP contribution in [0.5, 0.6) is 0 Å². The molecule has 162 valence electrons. The Bertz CT molecular complexity index is 1330. The number of carbonyl (C=O) groups is 1. The van der Waals surface area contributed by atoms with Crippen LogP contribution < -0.4 is 5.73 Å². The molecule has 2 aliphatic rings. The third kappa shape index (κ3) is 3.42. The van der Waals surface area contributed by atoms with Gasteiger partial charge in [-0.25, -0.2) is 4.39 Å². The predicted octanol–water partition coefficient (Wildman–Crippen LogP) is 4.04. The number of hydrogen-bond donors (Lipinski definition) is 1. The summed E-state index contributed by atoms with van der Waals surface area (Å²) in [7, 11) is 0. The first-order valence-electron chi connectivity index (χ1n) is 10.1. The van der Waals surface area contributed by atoms with E-state index in [0.29, 0.717) is 16.2 Å². The average Bonchev–Trinajstić information content (AvgIpc) is 2.83. The summed E-state index contributed by atoms with van der Waals surface area (Å²) < 4.78 is 15.0. The minimum Gasteiger partial charge on any atom is -0.399 e. The molecule has 2 aromatic carbocycles. The van der Waals surface area contributed by atoms with E-state index in [4.69, 9.17) is 17.3 Å². The van der Waals surface area contributed by atoms with Crippen molar-refractivity contribution in [2.75, 3.05) is 13.1 Å². The van der Waals surface area contributed by atoms with E-state index in [1.165, 1.54) is 23.1 Å². The lowest BCUT2D eigenvalue weighted by molar-refractivity contribution is 0.0727. The molecule has 1 aliphatic heterocycles. The van der Waals surface area contributed by atoms with E-state index in [9.17, 15) is 25.0 Å². The van der Waals surface area contributed by atoms with E-state index in [1.807, 2.05) is 18.2 Å². The summed E-state index contributed by atoms with van der Waals surface area (Å²) in [5.41, 5.74) is 5.12. The molecule has 2 aromatic rings. The molecule has 8 heteroatoms. The first-order chi connectivity index (χ1) is 15.9. The third-order valence-corrected chi connectivity index (χ3v) is 6.50. The Balaban J connectivity index is 1.89. The van der Waals surface area contributed by atoms with Crippen LogP contribution in [0.2, 0.25) is 5.02 Å². The second kappa shape index (κ2) is 8.43. The topological polar surface area (TPSA) is 118 Å². The van der Waals surface area contributed by atoms with Crippen LogP contribution in [0.4, 0.5) is 4.39 Å². The Morgan fingerprint density at radius 2 is 1.88 bits per heavy atom. The van der Waals surface area contributed by atoms with Gasteiger partial charge in [0.25, 0.3) is 5.91 Å². The van der Waals surface area contributed by atoms with Gasteiger partial charge in [-0.2, -0.15) is 15.8 Å². The fourth-order valence-electron chi connectivity index (χ4n) is 4.72. The lowest BCUT2D eigenvalue weighted by Gasteiger charge is -2.45. The van der Waals surface area contributed by atoms with Gasteiger partial charge >= 0.3 is 0 Å². The van der Waals surface area contributed by atoms with Crippen LogP contribution in [0.25, 0.3) is 0 Å². The van der Waals surface area contributed by atoms with Crippen molar-refractivity contribution < 1.29 is 9.18 Å². The molecule has 6 nitrogen and oxygen atoms in total. The smallest absolute Gasteiger partial charge is 0.254 e. The molecule has 2 atom stereocenters. The minimum absolute atomic E-state index is 0.0329. The minimum atomic E-state index is -1.97. The van der Waals surface area contributed by atoms with Crippen LogP contribution in [-0.2, 0) is 0 Å². The first kappa shape index (κ1) is 22.1. The molecule has 4 rings (SSSR count). The zero-order valence-electron chi connectivity index (χ0n) is 17.3. The zero-order chi connectivity index (χ0) is 23.8. The quantitative estimate of drug-likeness (QED) is 0.729. The molecule has 1 amide bonds. The second-order valence-electron chi connectivity index (χ2n) is 7.92. The van der Waals surface area contributed by atoms with E-state index in [1.54, 1.807) is 36.4 Å². The van der Waals surface area contributed by atoms with Crippen LogP contribution in [0.1, 0.15) is 21.8 Å². The SMILES string of the molecule is N#CC1=C(N)C(C#N)(C#N)C(c2ccccc2F)C2CN(C(=O)c3cccc(Cl)c3)CC=C12. The average molecular weight is 458 g/mol. The second-order valence-corrected chi connectivity index (χ2v) is 8.35. The summed E-state index contributed by atoms with van der Waals surface area (Å²) in [6, 6.07) is 18.3. The Hall–Kier alpha value is -4.12. The Kier molecular flexibility index (Phi) is 5.64. The number of nitrogens with two attached hydrogens (primary N) is 1. The van der Waals surface area contributed by atoms with Crippen molar-refractivity contribution in [2.45, 2.75) is 5.92 Å². The zero-order valence-corrected chi connectivity index (χ0v) is 18.1. The van der Waals surface area contributed by atoms with Gasteiger partial charge < -0.3 is 10.6 Å². The summed E-state index contributed by atoms with van der Waals surface area (Å²) >= 11 is 6.04. The number of fused-ring (bicyclic) bond motifs is 1. The largest absolute Gasteiger partial charge is 0.399 e. The van der Waals surface area contributed by atoms with Crippen molar-refractivity contribution in [3.63, 3.8) is 0 Å². The third-order valence-electron chi connectivity index (χ3n) is 6.26. The van der Waals surface area contributed by atoms with Gasteiger partial charge in [0.2, 0.25) is 0 Å². The number of amides is 1. The Morgan fingerprint density at radius 3 is 2.52 bits per heavy atom. The van der Waals surface area contributed by atoms with Crippen molar-refractivity contribution in [1.29, 1.82) is 15.8 Å². The van der Waals surface area contributed by atoms with Crippen LogP contribution in [0.3, 0.4) is 0 Å². The van der Waals surface area contributed by atoms with E-state index in [2.05, 4.69) is 0 Å². The molecule has 1 heterocycles. The summed E-state index contributed by atoms with van der Waals surface area (Å²) in [4.78, 5) is 14.7. The van der Waals surface area contributed by atoms with Crippen LogP contribution in [0, 0.1) is 51.1 Å². The molecule has 0 aromatic heterocycles. The van der Waals surface area contributed by atoms with Crippen molar-refractivity contribution >= 4 is 17.5 Å². The number of hydrogen-bond acceptors (Lipinski definition) is 5. The molecule has 0 saturated heterocycles. The molecule has 0 fully saturated rings. The van der Waals surface area contributed by atoms with Crippen molar-refractivity contribution in [3.05, 3.63) is 93.4 Å². The molecule has 33 heavy (non-hydrogen) atoms. The first-order valence-corrected chi connectivity index (χ1v) is 10.5. The van der Waals surface area contributed by atoms with Gasteiger partial charge in [0.1, 0.15) is 11.9 Å². The highest BCUT2D eigenvalue weighted by atomic mass is 35.5. The van der Waals surface area contributed by atoms with Crippen LogP contribution >= 0.6 is 11.6 Å². The molecule has 1 aliphatic carbocycles. The normalized spacial score (nSPS) is 21.2. The Labute approximate surface area is 195 Å². The molecule has 0 radical (unpaired) electrons. The molecular weight excluding hydrogens is 441 g/mol. The number of rotatable bonds is 2. The standard InChI is InChI=1S/C25H17ClFN5O/c26-16-5-3-4-15(10-16)24(33)32-9-8-17-19(11-28)23(31)25(13-29,14-30)22(20(17)12-32)18-6-1-2-7-21(18)27/h1-8,10,20,22H,9,12,31H2. The lowest BCUT2D eigenvalue weighted by atomic mass is 9.58. The highest BCUT2D eigenvalue weighted by molar-refractivity contribution is 6.30. The Morgan fingerprint density at radius 1 is 1.15 bits per heavy atom. The highest BCUT2D eigenvalue weighted by Crippen LogP contribution is 2.54. The summed E-state index contributed by atoms with van der Waals surface area (Å²) in [6.07, 6.45) is 1.69. The van der Waals surface area contributed by atoms with Gasteiger partial charge in [-0.1, -0.05) is 41.9 Å². The van der Waals surface area contributed by atoms with Crippen molar-refractivity contribution in [1.82, 2.24) is 4.90 Å². The van der Waals surface area contributed by atoms with Gasteiger partial charge in [-0.15, -0.1) is 0 Å². The number of benzene rings is 2. The van der Waals surface area contributed by atoms with Crippen LogP contribution in [-0.4, -0.2) is 23.9 Å². The maximum atomic E-state index is 15.0. The fraction of sp³-hybridized carbons (Fsp3) is 0.200.